The number of hydrogen-bond donors (Lipinski definition) is 2. The van der Waals surface area contributed by atoms with Crippen molar-refractivity contribution in [2.75, 3.05) is 13.6 Å². The van der Waals surface area contributed by atoms with E-state index in [-0.39, 0.29) is 6.10 Å². The average molecular weight is 268 g/mol. The van der Waals surface area contributed by atoms with Crippen LogP contribution in [0, 0.1) is 17.8 Å². The second-order valence-electron chi connectivity index (χ2n) is 7.24. The van der Waals surface area contributed by atoms with Crippen molar-refractivity contribution in [1.82, 2.24) is 4.90 Å². The Morgan fingerprint density at radius 3 is 2.47 bits per heavy atom. The summed E-state index contributed by atoms with van der Waals surface area (Å²) in [5.41, 5.74) is 6.38. The molecule has 112 valence electrons. The van der Waals surface area contributed by atoms with Crippen LogP contribution in [0.4, 0.5) is 0 Å². The molecule has 0 aliphatic heterocycles. The molecule has 0 amide bonds. The first-order valence-electron chi connectivity index (χ1n) is 8.13. The van der Waals surface area contributed by atoms with Crippen LogP contribution in [-0.4, -0.2) is 41.8 Å². The van der Waals surface area contributed by atoms with Gasteiger partial charge in [-0.15, -0.1) is 0 Å². The zero-order valence-electron chi connectivity index (χ0n) is 12.9. The maximum absolute atomic E-state index is 10.2. The summed E-state index contributed by atoms with van der Waals surface area (Å²) in [6.45, 7) is 5.73. The third-order valence-electron chi connectivity index (χ3n) is 5.49. The Morgan fingerprint density at radius 1 is 1.16 bits per heavy atom. The summed E-state index contributed by atoms with van der Waals surface area (Å²) in [6.07, 6.45) is 6.89. The standard InChI is InChI=1S/C16H32N2O/c1-11-8-12(2)13(14(17)9-11)10-18(3)15-6-4-5-7-16(15)19/h11-16,19H,4-10,17H2,1-3H3. The van der Waals surface area contributed by atoms with Gasteiger partial charge in [-0.05, 0) is 50.5 Å². The fourth-order valence-corrected chi connectivity index (χ4v) is 4.36. The van der Waals surface area contributed by atoms with Crippen molar-refractivity contribution in [3.05, 3.63) is 0 Å². The molecule has 2 saturated carbocycles. The van der Waals surface area contributed by atoms with Crippen molar-refractivity contribution in [3.8, 4) is 0 Å². The number of nitrogens with zero attached hydrogens (tertiary/aromatic N) is 1. The monoisotopic (exact) mass is 268 g/mol. The summed E-state index contributed by atoms with van der Waals surface area (Å²) in [5, 5.41) is 10.2. The number of hydrogen-bond acceptors (Lipinski definition) is 3. The molecule has 6 atom stereocenters. The Morgan fingerprint density at radius 2 is 1.84 bits per heavy atom. The molecule has 0 bridgehead atoms. The lowest BCUT2D eigenvalue weighted by atomic mass is 9.72. The minimum Gasteiger partial charge on any atom is -0.391 e. The Balaban J connectivity index is 1.91. The van der Waals surface area contributed by atoms with E-state index < -0.39 is 0 Å². The maximum atomic E-state index is 10.2. The van der Waals surface area contributed by atoms with Crippen molar-refractivity contribution >= 4 is 0 Å². The molecule has 0 saturated heterocycles. The van der Waals surface area contributed by atoms with Gasteiger partial charge in [0.25, 0.3) is 0 Å². The van der Waals surface area contributed by atoms with Gasteiger partial charge >= 0.3 is 0 Å². The number of aliphatic hydroxyl groups excluding tert-OH is 1. The highest BCUT2D eigenvalue weighted by Gasteiger charge is 2.35. The fourth-order valence-electron chi connectivity index (χ4n) is 4.36. The molecular weight excluding hydrogens is 236 g/mol. The van der Waals surface area contributed by atoms with E-state index in [1.165, 1.54) is 19.3 Å². The van der Waals surface area contributed by atoms with E-state index in [4.69, 9.17) is 5.73 Å². The molecule has 2 aliphatic rings. The lowest BCUT2D eigenvalue weighted by Gasteiger charge is -2.43. The predicted molar refractivity (Wildman–Crippen MR) is 79.9 cm³/mol. The summed E-state index contributed by atoms with van der Waals surface area (Å²) in [5.74, 6) is 2.07. The number of rotatable bonds is 3. The summed E-state index contributed by atoms with van der Waals surface area (Å²) in [4.78, 5) is 2.39. The van der Waals surface area contributed by atoms with Gasteiger partial charge in [0.1, 0.15) is 0 Å². The highest BCUT2D eigenvalue weighted by atomic mass is 16.3. The van der Waals surface area contributed by atoms with Crippen LogP contribution in [0.1, 0.15) is 52.4 Å². The number of aliphatic hydroxyl groups is 1. The zero-order valence-corrected chi connectivity index (χ0v) is 12.9. The van der Waals surface area contributed by atoms with E-state index in [0.717, 1.165) is 31.7 Å². The molecule has 0 aromatic rings. The minimum atomic E-state index is -0.132. The minimum absolute atomic E-state index is 0.132. The first kappa shape index (κ1) is 15.3. The van der Waals surface area contributed by atoms with Gasteiger partial charge in [-0.3, -0.25) is 0 Å². The summed E-state index contributed by atoms with van der Waals surface area (Å²) < 4.78 is 0. The molecule has 0 aromatic heterocycles. The zero-order chi connectivity index (χ0) is 14.0. The highest BCUT2D eigenvalue weighted by Crippen LogP contribution is 2.34. The van der Waals surface area contributed by atoms with Gasteiger partial charge in [-0.25, -0.2) is 0 Å². The van der Waals surface area contributed by atoms with Gasteiger partial charge < -0.3 is 15.7 Å². The quantitative estimate of drug-likeness (QED) is 0.825. The van der Waals surface area contributed by atoms with E-state index in [2.05, 4.69) is 25.8 Å². The van der Waals surface area contributed by atoms with E-state index in [1.54, 1.807) is 0 Å². The van der Waals surface area contributed by atoms with Crippen molar-refractivity contribution in [2.24, 2.45) is 23.5 Å². The summed E-state index contributed by atoms with van der Waals surface area (Å²) in [7, 11) is 2.18. The predicted octanol–water partition coefficient (Wildman–Crippen LogP) is 2.23. The van der Waals surface area contributed by atoms with Crippen molar-refractivity contribution in [1.29, 1.82) is 0 Å². The molecule has 3 nitrogen and oxygen atoms in total. The average Bonchev–Trinajstić information content (AvgIpc) is 2.34. The van der Waals surface area contributed by atoms with Crippen molar-refractivity contribution in [3.63, 3.8) is 0 Å². The molecule has 2 fully saturated rings. The van der Waals surface area contributed by atoms with Crippen LogP contribution >= 0.6 is 0 Å². The fraction of sp³-hybridized carbons (Fsp3) is 1.00. The van der Waals surface area contributed by atoms with Crippen LogP contribution < -0.4 is 5.73 Å². The maximum Gasteiger partial charge on any atom is 0.0695 e. The van der Waals surface area contributed by atoms with Crippen LogP contribution in [-0.2, 0) is 0 Å². The molecule has 6 unspecified atom stereocenters. The van der Waals surface area contributed by atoms with Gasteiger partial charge in [0.2, 0.25) is 0 Å². The smallest absolute Gasteiger partial charge is 0.0695 e. The molecule has 0 radical (unpaired) electrons. The molecule has 3 N–H and O–H groups in total. The second-order valence-corrected chi connectivity index (χ2v) is 7.24. The molecule has 0 spiro atoms. The highest BCUT2D eigenvalue weighted by molar-refractivity contribution is 4.89. The van der Waals surface area contributed by atoms with Gasteiger partial charge in [0.15, 0.2) is 0 Å². The second kappa shape index (κ2) is 6.55. The van der Waals surface area contributed by atoms with E-state index >= 15 is 0 Å². The van der Waals surface area contributed by atoms with Crippen molar-refractivity contribution < 1.29 is 5.11 Å². The Hall–Kier alpha value is -0.120. The number of nitrogens with two attached hydrogens (primary N) is 1. The largest absolute Gasteiger partial charge is 0.391 e. The Labute approximate surface area is 118 Å². The molecule has 3 heteroatoms. The number of likely N-dealkylation sites (N-methyl/N-ethyl adjacent to an activating group) is 1. The molecule has 2 aliphatic carbocycles. The van der Waals surface area contributed by atoms with E-state index in [0.29, 0.717) is 23.9 Å². The third-order valence-corrected chi connectivity index (χ3v) is 5.49. The first-order valence-corrected chi connectivity index (χ1v) is 8.13. The molecular formula is C16H32N2O. The molecule has 19 heavy (non-hydrogen) atoms. The first-order chi connectivity index (χ1) is 8.99. The van der Waals surface area contributed by atoms with Crippen LogP contribution in [0.3, 0.4) is 0 Å². The van der Waals surface area contributed by atoms with Crippen LogP contribution in [0.15, 0.2) is 0 Å². The SMILES string of the molecule is CC1CC(C)C(CN(C)C2CCCCC2O)C(N)C1. The van der Waals surface area contributed by atoms with Crippen molar-refractivity contribution in [2.45, 2.75) is 70.6 Å². The Bertz CT molecular complexity index is 272. The molecule has 0 aromatic carbocycles. The topological polar surface area (TPSA) is 49.5 Å². The third kappa shape index (κ3) is 3.71. The van der Waals surface area contributed by atoms with Gasteiger partial charge in [-0.1, -0.05) is 26.7 Å². The van der Waals surface area contributed by atoms with Crippen LogP contribution in [0.25, 0.3) is 0 Å². The van der Waals surface area contributed by atoms with E-state index in [1.807, 2.05) is 0 Å². The van der Waals surface area contributed by atoms with Crippen LogP contribution in [0.5, 0.6) is 0 Å². The van der Waals surface area contributed by atoms with Crippen LogP contribution in [0.2, 0.25) is 0 Å². The van der Waals surface area contributed by atoms with Gasteiger partial charge in [0, 0.05) is 18.6 Å². The van der Waals surface area contributed by atoms with Gasteiger partial charge in [0.05, 0.1) is 6.10 Å². The lowest BCUT2D eigenvalue weighted by Crippen LogP contribution is -2.51. The van der Waals surface area contributed by atoms with E-state index in [9.17, 15) is 5.11 Å². The van der Waals surface area contributed by atoms with Gasteiger partial charge in [-0.2, -0.15) is 0 Å². The molecule has 2 rings (SSSR count). The normalized spacial score (nSPS) is 44.5. The Kier molecular flexibility index (Phi) is 5.27. The summed E-state index contributed by atoms with van der Waals surface area (Å²) >= 11 is 0. The summed E-state index contributed by atoms with van der Waals surface area (Å²) in [6, 6.07) is 0.689. The lowest BCUT2D eigenvalue weighted by molar-refractivity contribution is 0.0132. The molecule has 0 heterocycles.